The third-order valence-electron chi connectivity index (χ3n) is 7.80. The first-order valence-electron chi connectivity index (χ1n) is 13.5. The van der Waals surface area contributed by atoms with Crippen LogP contribution in [-0.2, 0) is 0 Å². The van der Waals surface area contributed by atoms with Gasteiger partial charge in [-0.2, -0.15) is 0 Å². The highest BCUT2D eigenvalue weighted by molar-refractivity contribution is 7.17. The molecule has 4 heteroatoms. The molecule has 7 aromatic rings. The maximum atomic E-state index is 4.61. The fourth-order valence-electron chi connectivity index (χ4n) is 6.15. The lowest BCUT2D eigenvalue weighted by Gasteiger charge is -2.13. The van der Waals surface area contributed by atoms with Gasteiger partial charge in [-0.15, -0.1) is 11.3 Å². The van der Waals surface area contributed by atoms with E-state index in [0.29, 0.717) is 0 Å². The molecule has 40 heavy (non-hydrogen) atoms. The molecule has 190 valence electrons. The Hall–Kier alpha value is -4.93. The molecule has 3 aromatic heterocycles. The largest absolute Gasteiger partial charge is 0.308 e. The summed E-state index contributed by atoms with van der Waals surface area (Å²) in [6.45, 7) is 4.55. The van der Waals surface area contributed by atoms with Crippen LogP contribution < -0.4 is 0 Å². The maximum Gasteiger partial charge on any atom is 0.0833 e. The van der Waals surface area contributed by atoms with Crippen LogP contribution in [0.1, 0.15) is 17.7 Å². The summed E-state index contributed by atoms with van der Waals surface area (Å²) >= 11 is 1.69. The van der Waals surface area contributed by atoms with Crippen molar-refractivity contribution < 1.29 is 0 Å². The second-order valence-corrected chi connectivity index (χ2v) is 10.9. The predicted octanol–water partition coefficient (Wildman–Crippen LogP) is 9.88. The number of hydrogen-bond donors (Lipinski definition) is 0. The molecule has 4 aromatic carbocycles. The number of rotatable bonds is 2. The molecule has 0 atom stereocenters. The molecule has 1 aliphatic rings. The summed E-state index contributed by atoms with van der Waals surface area (Å²) in [7, 11) is 0. The van der Waals surface area contributed by atoms with Gasteiger partial charge in [0.05, 0.1) is 43.7 Å². The summed E-state index contributed by atoms with van der Waals surface area (Å²) in [6.07, 6.45) is 13.9. The van der Waals surface area contributed by atoms with E-state index in [1.165, 1.54) is 43.0 Å². The molecule has 1 aliphatic carbocycles. The van der Waals surface area contributed by atoms with Crippen LogP contribution in [0.2, 0.25) is 0 Å². The van der Waals surface area contributed by atoms with Gasteiger partial charge < -0.3 is 9.13 Å². The molecule has 0 saturated heterocycles. The Balaban J connectivity index is 1.60. The number of fused-ring (bicyclic) bond motifs is 8. The first-order chi connectivity index (χ1) is 19.8. The summed E-state index contributed by atoms with van der Waals surface area (Å²) in [5.41, 5.74) is 12.1. The highest BCUT2D eigenvalue weighted by atomic mass is 32.1. The summed E-state index contributed by atoms with van der Waals surface area (Å²) in [5.74, 6) is 0. The van der Waals surface area contributed by atoms with Crippen LogP contribution in [0.15, 0.2) is 127 Å². The maximum absolute atomic E-state index is 4.61. The molecular weight excluding hydrogens is 506 g/mol. The summed E-state index contributed by atoms with van der Waals surface area (Å²) in [6, 6.07) is 30.4. The van der Waals surface area contributed by atoms with Crippen molar-refractivity contribution in [2.45, 2.75) is 6.42 Å². The van der Waals surface area contributed by atoms with Gasteiger partial charge >= 0.3 is 0 Å². The number of nitrogens with zero attached hydrogens (tertiary/aromatic N) is 3. The van der Waals surface area contributed by atoms with Crippen molar-refractivity contribution in [3.63, 3.8) is 0 Å². The van der Waals surface area contributed by atoms with Gasteiger partial charge in [0.15, 0.2) is 0 Å². The Bertz CT molecular complexity index is 2200. The zero-order valence-electron chi connectivity index (χ0n) is 21.8. The van der Waals surface area contributed by atoms with Crippen molar-refractivity contribution in [3.8, 4) is 11.4 Å². The standard InChI is InChI=1S/C36H25N3S/c1-24-13-6-3-2-4-9-16-26-27-21-22-31-33(35(27)38(34(24)26)25-14-7-5-8-15-25)28-17-10-11-19-30(28)39(31)32-20-12-18-29-36(32)40-23-37-29/h2-3,5-23H,1,4H2/b3-2-,13-6-,16-9-. The van der Waals surface area contributed by atoms with Crippen LogP contribution in [0, 0.1) is 0 Å². The fourth-order valence-corrected chi connectivity index (χ4v) is 6.94. The molecule has 3 nitrogen and oxygen atoms in total. The molecule has 3 heterocycles. The number of hydrogen-bond acceptors (Lipinski definition) is 2. The van der Waals surface area contributed by atoms with Crippen molar-refractivity contribution in [2.75, 3.05) is 0 Å². The first-order valence-corrected chi connectivity index (χ1v) is 14.4. The molecule has 0 bridgehead atoms. The molecule has 0 N–H and O–H groups in total. The lowest BCUT2D eigenvalue weighted by atomic mass is 10.0. The number of aromatic nitrogens is 3. The van der Waals surface area contributed by atoms with E-state index in [1.807, 2.05) is 5.51 Å². The Morgan fingerprint density at radius 2 is 1.60 bits per heavy atom. The molecule has 0 aliphatic heterocycles. The molecule has 0 saturated carbocycles. The third-order valence-corrected chi connectivity index (χ3v) is 8.66. The van der Waals surface area contributed by atoms with Crippen LogP contribution in [0.5, 0.6) is 0 Å². The van der Waals surface area contributed by atoms with Gasteiger partial charge in [-0.05, 0) is 48.4 Å². The lowest BCUT2D eigenvalue weighted by molar-refractivity contribution is 1.10. The molecule has 0 spiro atoms. The van der Waals surface area contributed by atoms with Crippen LogP contribution in [0.25, 0.3) is 65.9 Å². The van der Waals surface area contributed by atoms with E-state index in [-0.39, 0.29) is 0 Å². The summed E-state index contributed by atoms with van der Waals surface area (Å²) < 4.78 is 6.02. The van der Waals surface area contributed by atoms with Crippen molar-refractivity contribution in [2.24, 2.45) is 0 Å². The van der Waals surface area contributed by atoms with E-state index in [0.717, 1.165) is 34.6 Å². The smallest absolute Gasteiger partial charge is 0.0833 e. The zero-order valence-corrected chi connectivity index (χ0v) is 22.6. The van der Waals surface area contributed by atoms with Crippen molar-refractivity contribution in [1.82, 2.24) is 14.1 Å². The number of para-hydroxylation sites is 2. The SMILES string of the molecule is C=C1/C=C\C=C/C/C=C\c2c1n(-c1ccccc1)c1c2ccc2c1c1ccccc1n2-c1cccc2ncsc12. The van der Waals surface area contributed by atoms with Gasteiger partial charge in [-0.25, -0.2) is 4.98 Å². The van der Waals surface area contributed by atoms with E-state index in [9.17, 15) is 0 Å². The van der Waals surface area contributed by atoms with Gasteiger partial charge in [-0.3, -0.25) is 0 Å². The molecule has 0 unspecified atom stereocenters. The normalized spacial score (nSPS) is 16.1. The quantitative estimate of drug-likeness (QED) is 0.218. The van der Waals surface area contributed by atoms with E-state index in [1.54, 1.807) is 11.3 Å². The van der Waals surface area contributed by atoms with Gasteiger partial charge in [0.1, 0.15) is 0 Å². The topological polar surface area (TPSA) is 22.8 Å². The summed E-state index contributed by atoms with van der Waals surface area (Å²) in [4.78, 5) is 4.61. The van der Waals surface area contributed by atoms with E-state index < -0.39 is 0 Å². The average molecular weight is 532 g/mol. The molecule has 8 rings (SSSR count). The first kappa shape index (κ1) is 23.0. The highest BCUT2D eigenvalue weighted by Crippen LogP contribution is 2.44. The minimum Gasteiger partial charge on any atom is -0.308 e. The van der Waals surface area contributed by atoms with E-state index in [4.69, 9.17) is 0 Å². The Morgan fingerprint density at radius 3 is 2.52 bits per heavy atom. The van der Waals surface area contributed by atoms with Crippen molar-refractivity contribution >= 4 is 65.9 Å². The second kappa shape index (κ2) is 9.08. The minimum absolute atomic E-state index is 0.884. The Morgan fingerprint density at radius 1 is 0.725 bits per heavy atom. The average Bonchev–Trinajstić information content (AvgIpc) is 3.69. The van der Waals surface area contributed by atoms with Crippen LogP contribution in [0.4, 0.5) is 0 Å². The highest BCUT2D eigenvalue weighted by Gasteiger charge is 2.24. The Labute approximate surface area is 235 Å². The van der Waals surface area contributed by atoms with Crippen LogP contribution >= 0.6 is 11.3 Å². The molecular formula is C36H25N3S. The van der Waals surface area contributed by atoms with Gasteiger partial charge in [0, 0.05) is 27.4 Å². The molecule has 0 fully saturated rings. The van der Waals surface area contributed by atoms with Gasteiger partial charge in [-0.1, -0.05) is 91.6 Å². The van der Waals surface area contributed by atoms with E-state index >= 15 is 0 Å². The predicted molar refractivity (Wildman–Crippen MR) is 172 cm³/mol. The molecule has 0 amide bonds. The minimum atomic E-state index is 0.884. The lowest BCUT2D eigenvalue weighted by Crippen LogP contribution is -2.00. The van der Waals surface area contributed by atoms with Gasteiger partial charge in [0.2, 0.25) is 0 Å². The number of benzene rings is 4. The van der Waals surface area contributed by atoms with Crippen molar-refractivity contribution in [1.29, 1.82) is 0 Å². The Kier molecular flexibility index (Phi) is 5.22. The van der Waals surface area contributed by atoms with Crippen molar-refractivity contribution in [3.05, 3.63) is 139 Å². The van der Waals surface area contributed by atoms with E-state index in [2.05, 4.69) is 142 Å². The zero-order chi connectivity index (χ0) is 26.6. The number of thiazole rings is 1. The fraction of sp³-hybridized carbons (Fsp3) is 0.0278. The van der Waals surface area contributed by atoms with Gasteiger partial charge in [0.25, 0.3) is 0 Å². The second-order valence-electron chi connectivity index (χ2n) is 10.1. The molecule has 0 radical (unpaired) electrons. The monoisotopic (exact) mass is 531 g/mol. The van der Waals surface area contributed by atoms with Crippen LogP contribution in [0.3, 0.4) is 0 Å². The third kappa shape index (κ3) is 3.33. The number of allylic oxidation sites excluding steroid dienone is 6. The summed E-state index contributed by atoms with van der Waals surface area (Å²) in [5, 5.41) is 3.69. The van der Waals surface area contributed by atoms with Crippen LogP contribution in [-0.4, -0.2) is 14.1 Å².